The molecule has 1 atom stereocenters. The summed E-state index contributed by atoms with van der Waals surface area (Å²) in [5.41, 5.74) is 2.73. The molecule has 2 aliphatic heterocycles. The number of hydrogen-bond donors (Lipinski definition) is 1. The van der Waals surface area contributed by atoms with Crippen molar-refractivity contribution in [2.45, 2.75) is 38.8 Å². The van der Waals surface area contributed by atoms with Gasteiger partial charge in [0.05, 0.1) is 14.2 Å². The van der Waals surface area contributed by atoms with Gasteiger partial charge in [0, 0.05) is 68.1 Å². The summed E-state index contributed by atoms with van der Waals surface area (Å²) in [7, 11) is 3.41. The Bertz CT molecular complexity index is 1110. The number of methoxy groups -OCH3 is 2. The smallest absolute Gasteiger partial charge is 0.153 e. The summed E-state index contributed by atoms with van der Waals surface area (Å²) >= 11 is 0. The van der Waals surface area contributed by atoms with Gasteiger partial charge in [-0.25, -0.2) is 4.98 Å². The number of likely N-dealkylation sites (tertiary alicyclic amines) is 2. The maximum atomic E-state index is 5.64. The largest absolute Gasteiger partial charge is 0.497 e. The number of ether oxygens (including phenoxy) is 2. The average Bonchev–Trinajstić information content (AvgIpc) is 3.45. The van der Waals surface area contributed by atoms with Crippen LogP contribution in [0, 0.1) is 5.41 Å². The van der Waals surface area contributed by atoms with E-state index < -0.39 is 0 Å². The Kier molecular flexibility index (Phi) is 6.32. The molecule has 0 bridgehead atoms. The van der Waals surface area contributed by atoms with Gasteiger partial charge in [0.25, 0.3) is 0 Å². The van der Waals surface area contributed by atoms with Crippen molar-refractivity contribution in [3.8, 4) is 11.5 Å². The first kappa shape index (κ1) is 22.9. The molecule has 0 amide bonds. The molecule has 1 unspecified atom stereocenters. The number of rotatable bonds is 8. The SMILES string of the molecule is COc1ccc(CN2CC3(CN(Cc4ccccc4)CC3c3nc(C(C)C)n[nH]3)C2)c(OC)c1. The number of nitrogens with one attached hydrogen (secondary N) is 1. The first-order valence-electron chi connectivity index (χ1n) is 12.1. The molecule has 2 saturated heterocycles. The maximum absolute atomic E-state index is 5.64. The van der Waals surface area contributed by atoms with Crippen LogP contribution in [0.15, 0.2) is 48.5 Å². The standard InChI is InChI=1S/C27H35N5O2/c1-19(2)25-28-26(30-29-25)23-15-31(13-20-8-6-5-7-9-20)16-27(23)17-32(18-27)14-21-10-11-22(33-3)12-24(21)34-4/h5-12,19,23H,13-18H2,1-4H3,(H,28,29,30). The first-order chi connectivity index (χ1) is 16.5. The lowest BCUT2D eigenvalue weighted by Gasteiger charge is -2.51. The van der Waals surface area contributed by atoms with Crippen molar-refractivity contribution in [3.63, 3.8) is 0 Å². The highest BCUT2D eigenvalue weighted by molar-refractivity contribution is 5.41. The van der Waals surface area contributed by atoms with Crippen LogP contribution in [0.25, 0.3) is 0 Å². The van der Waals surface area contributed by atoms with Crippen LogP contribution in [0.3, 0.4) is 0 Å². The zero-order valence-electron chi connectivity index (χ0n) is 20.6. The van der Waals surface area contributed by atoms with Gasteiger partial charge in [-0.05, 0) is 11.6 Å². The van der Waals surface area contributed by atoms with Gasteiger partial charge in [-0.15, -0.1) is 0 Å². The zero-order chi connectivity index (χ0) is 23.7. The predicted octanol–water partition coefficient (Wildman–Crippen LogP) is 4.05. The molecule has 0 radical (unpaired) electrons. The predicted molar refractivity (Wildman–Crippen MR) is 132 cm³/mol. The number of aromatic nitrogens is 3. The van der Waals surface area contributed by atoms with E-state index in [4.69, 9.17) is 14.5 Å². The Morgan fingerprint density at radius 1 is 1.00 bits per heavy atom. The number of benzene rings is 2. The molecular weight excluding hydrogens is 426 g/mol. The molecule has 34 heavy (non-hydrogen) atoms. The molecule has 3 heterocycles. The highest BCUT2D eigenvalue weighted by Gasteiger charge is 2.55. The van der Waals surface area contributed by atoms with Gasteiger partial charge >= 0.3 is 0 Å². The van der Waals surface area contributed by atoms with Gasteiger partial charge in [-0.2, -0.15) is 5.10 Å². The second-order valence-corrected chi connectivity index (χ2v) is 10.1. The molecule has 7 heteroatoms. The van der Waals surface area contributed by atoms with Crippen molar-refractivity contribution >= 4 is 0 Å². The fourth-order valence-corrected chi connectivity index (χ4v) is 5.61. The minimum atomic E-state index is 0.183. The molecule has 2 fully saturated rings. The van der Waals surface area contributed by atoms with Gasteiger partial charge in [0.15, 0.2) is 5.82 Å². The van der Waals surface area contributed by atoms with Gasteiger partial charge in [0.1, 0.15) is 17.3 Å². The first-order valence-corrected chi connectivity index (χ1v) is 12.1. The van der Waals surface area contributed by atoms with E-state index in [1.165, 1.54) is 11.1 Å². The summed E-state index contributed by atoms with van der Waals surface area (Å²) < 4.78 is 11.0. The number of aromatic amines is 1. The molecular formula is C27H35N5O2. The summed E-state index contributed by atoms with van der Waals surface area (Å²) in [5.74, 6) is 4.32. The van der Waals surface area contributed by atoms with E-state index in [1.807, 2.05) is 12.1 Å². The Balaban J connectivity index is 1.34. The lowest BCUT2D eigenvalue weighted by Crippen LogP contribution is -2.59. The molecule has 3 aromatic rings. The van der Waals surface area contributed by atoms with Crippen LogP contribution in [0.5, 0.6) is 11.5 Å². The van der Waals surface area contributed by atoms with Crippen molar-refractivity contribution in [1.82, 2.24) is 25.0 Å². The molecule has 0 aliphatic carbocycles. The van der Waals surface area contributed by atoms with Crippen molar-refractivity contribution in [3.05, 3.63) is 71.3 Å². The third-order valence-corrected chi connectivity index (χ3v) is 7.30. The summed E-state index contributed by atoms with van der Waals surface area (Å²) in [6, 6.07) is 16.8. The fourth-order valence-electron chi connectivity index (χ4n) is 5.61. The van der Waals surface area contributed by atoms with Crippen molar-refractivity contribution in [2.24, 2.45) is 5.41 Å². The van der Waals surface area contributed by atoms with Gasteiger partial charge < -0.3 is 9.47 Å². The lowest BCUT2D eigenvalue weighted by molar-refractivity contribution is -0.0114. The highest BCUT2D eigenvalue weighted by atomic mass is 16.5. The number of H-pyrrole nitrogens is 1. The summed E-state index contributed by atoms with van der Waals surface area (Å²) in [6.45, 7) is 10.3. The van der Waals surface area contributed by atoms with Gasteiger partial charge in [-0.1, -0.05) is 50.2 Å². The Morgan fingerprint density at radius 3 is 2.44 bits per heavy atom. The fraction of sp³-hybridized carbons (Fsp3) is 0.481. The Labute approximate surface area is 202 Å². The Morgan fingerprint density at radius 2 is 1.76 bits per heavy atom. The van der Waals surface area contributed by atoms with Gasteiger partial charge in [-0.3, -0.25) is 14.9 Å². The van der Waals surface area contributed by atoms with Crippen LogP contribution in [-0.4, -0.2) is 65.4 Å². The van der Waals surface area contributed by atoms with Crippen molar-refractivity contribution in [1.29, 1.82) is 0 Å². The molecule has 180 valence electrons. The maximum Gasteiger partial charge on any atom is 0.153 e. The van der Waals surface area contributed by atoms with E-state index >= 15 is 0 Å². The summed E-state index contributed by atoms with van der Waals surface area (Å²) in [5, 5.41) is 7.81. The monoisotopic (exact) mass is 461 g/mol. The van der Waals surface area contributed by atoms with Crippen LogP contribution in [-0.2, 0) is 13.1 Å². The number of nitrogens with zero attached hydrogens (tertiary/aromatic N) is 4. The molecule has 7 nitrogen and oxygen atoms in total. The number of hydrogen-bond acceptors (Lipinski definition) is 6. The van der Waals surface area contributed by atoms with Crippen LogP contribution in [0.4, 0.5) is 0 Å². The minimum Gasteiger partial charge on any atom is -0.497 e. The van der Waals surface area contributed by atoms with E-state index in [-0.39, 0.29) is 5.41 Å². The van der Waals surface area contributed by atoms with E-state index in [2.05, 4.69) is 70.2 Å². The summed E-state index contributed by atoms with van der Waals surface area (Å²) in [6.07, 6.45) is 0. The van der Waals surface area contributed by atoms with Gasteiger partial charge in [0.2, 0.25) is 0 Å². The van der Waals surface area contributed by atoms with Crippen LogP contribution >= 0.6 is 0 Å². The summed E-state index contributed by atoms with van der Waals surface area (Å²) in [4.78, 5) is 10.0. The third kappa shape index (κ3) is 4.42. The molecule has 2 aromatic carbocycles. The van der Waals surface area contributed by atoms with Crippen LogP contribution < -0.4 is 9.47 Å². The highest BCUT2D eigenvalue weighted by Crippen LogP contribution is 2.49. The topological polar surface area (TPSA) is 66.5 Å². The van der Waals surface area contributed by atoms with Crippen LogP contribution in [0.2, 0.25) is 0 Å². The second kappa shape index (κ2) is 9.39. The molecule has 2 aliphatic rings. The van der Waals surface area contributed by atoms with E-state index in [1.54, 1.807) is 14.2 Å². The molecule has 1 N–H and O–H groups in total. The van der Waals surface area contributed by atoms with Crippen LogP contribution in [0.1, 0.15) is 48.5 Å². The van der Waals surface area contributed by atoms with E-state index in [0.717, 1.165) is 62.4 Å². The minimum absolute atomic E-state index is 0.183. The zero-order valence-corrected chi connectivity index (χ0v) is 20.6. The molecule has 5 rings (SSSR count). The normalized spacial score (nSPS) is 20.1. The van der Waals surface area contributed by atoms with E-state index in [9.17, 15) is 0 Å². The molecule has 1 aromatic heterocycles. The van der Waals surface area contributed by atoms with Crippen molar-refractivity contribution < 1.29 is 9.47 Å². The average molecular weight is 462 g/mol. The van der Waals surface area contributed by atoms with Crippen molar-refractivity contribution in [2.75, 3.05) is 40.4 Å². The second-order valence-electron chi connectivity index (χ2n) is 10.1. The quantitative estimate of drug-likeness (QED) is 0.546. The molecule has 0 saturated carbocycles. The third-order valence-electron chi connectivity index (χ3n) is 7.30. The lowest BCUT2D eigenvalue weighted by atomic mass is 9.71. The Hall–Kier alpha value is -2.90. The van der Waals surface area contributed by atoms with E-state index in [0.29, 0.717) is 11.8 Å². The molecule has 1 spiro atoms.